The van der Waals surface area contributed by atoms with Gasteiger partial charge in [0.2, 0.25) is 34.9 Å². The summed E-state index contributed by atoms with van der Waals surface area (Å²) < 4.78 is 39.4. The molecule has 5 N–H and O–H groups in total. The molecule has 0 saturated carbocycles. The molecule has 0 aliphatic heterocycles. The number of aromatic nitrogens is 4. The van der Waals surface area contributed by atoms with Gasteiger partial charge in [-0.3, -0.25) is 4.18 Å². The quantitative estimate of drug-likeness (QED) is 0.0857. The maximum Gasteiger partial charge on any atom is 0.333 e. The fourth-order valence-corrected chi connectivity index (χ4v) is 6.26. The van der Waals surface area contributed by atoms with Crippen molar-refractivity contribution in [3.8, 4) is 22.9 Å². The number of rotatable bonds is 12. The van der Waals surface area contributed by atoms with Crippen molar-refractivity contribution < 1.29 is 26.5 Å². The van der Waals surface area contributed by atoms with Crippen molar-refractivity contribution in [1.82, 2.24) is 20.4 Å². The molecule has 0 radical (unpaired) electrons. The molecule has 56 heavy (non-hydrogen) atoms. The summed E-state index contributed by atoms with van der Waals surface area (Å²) in [6.07, 6.45) is -1.79. The lowest BCUT2D eigenvalue weighted by atomic mass is 10.1. The van der Waals surface area contributed by atoms with Gasteiger partial charge in [-0.25, -0.2) is 14.8 Å². The van der Waals surface area contributed by atoms with Crippen molar-refractivity contribution in [2.45, 2.75) is 52.0 Å². The highest BCUT2D eigenvalue weighted by Gasteiger charge is 2.30. The van der Waals surface area contributed by atoms with Crippen LogP contribution >= 0.6 is 23.2 Å². The molecule has 18 heteroatoms. The van der Waals surface area contributed by atoms with E-state index < -0.39 is 34.6 Å². The highest BCUT2D eigenvalue weighted by molar-refractivity contribution is 7.84. The predicted molar refractivity (Wildman–Crippen MR) is 212 cm³/mol. The lowest BCUT2D eigenvalue weighted by Crippen LogP contribution is -2.31. The van der Waals surface area contributed by atoms with E-state index in [1.807, 2.05) is 55.5 Å². The molecule has 4 aromatic carbocycles. The number of nitrogens with one attached hydrogen (secondary N) is 2. The lowest BCUT2D eigenvalue weighted by Gasteiger charge is -2.23. The molecule has 2 heterocycles. The van der Waals surface area contributed by atoms with Crippen molar-refractivity contribution in [3.63, 3.8) is 0 Å². The third-order valence-electron chi connectivity index (χ3n) is 8.29. The van der Waals surface area contributed by atoms with E-state index in [0.29, 0.717) is 50.4 Å². The van der Waals surface area contributed by atoms with Gasteiger partial charge in [0, 0.05) is 22.5 Å². The van der Waals surface area contributed by atoms with Gasteiger partial charge in [-0.1, -0.05) is 71.7 Å². The minimum Gasteiger partial charge on any atom is -0.418 e. The van der Waals surface area contributed by atoms with Crippen LogP contribution in [0.15, 0.2) is 93.8 Å². The Morgan fingerprint density at radius 3 is 1.52 bits per heavy atom. The highest BCUT2D eigenvalue weighted by Crippen LogP contribution is 2.37. The summed E-state index contributed by atoms with van der Waals surface area (Å²) in [5.41, 5.74) is 4.73. The summed E-state index contributed by atoms with van der Waals surface area (Å²) in [6, 6.07) is 23.6. The Kier molecular flexibility index (Phi) is 13.4. The first-order chi connectivity index (χ1) is 26.7. The van der Waals surface area contributed by atoms with E-state index in [-0.39, 0.29) is 22.7 Å². The number of anilines is 2. The Hall–Kier alpha value is -5.85. The second-order valence-electron chi connectivity index (χ2n) is 12.3. The Bertz CT molecular complexity index is 2490. The van der Waals surface area contributed by atoms with Gasteiger partial charge in [-0.15, -0.1) is 20.4 Å². The maximum atomic E-state index is 11.5. The molecule has 15 nitrogen and oxygen atoms in total. The molecular formula is C38H35Cl2N9O6S. The Labute approximate surface area is 333 Å². The normalized spacial score (nSPS) is 13.2. The number of hydrogen-bond donors (Lipinski definition) is 4. The van der Waals surface area contributed by atoms with E-state index in [4.69, 9.17) is 54.5 Å². The van der Waals surface area contributed by atoms with Gasteiger partial charge in [0.05, 0.1) is 29.3 Å². The average molecular weight is 817 g/mol. The Morgan fingerprint density at radius 2 is 1.12 bits per heavy atom. The Morgan fingerprint density at radius 1 is 0.714 bits per heavy atom. The third-order valence-corrected chi connectivity index (χ3v) is 9.81. The lowest BCUT2D eigenvalue weighted by molar-refractivity contribution is 0.159. The number of benzene rings is 4. The van der Waals surface area contributed by atoms with Crippen LogP contribution in [0.25, 0.3) is 32.6 Å². The van der Waals surface area contributed by atoms with Crippen LogP contribution in [0.3, 0.4) is 0 Å². The van der Waals surface area contributed by atoms with Crippen molar-refractivity contribution in [1.29, 1.82) is 0 Å². The molecule has 0 unspecified atom stereocenters. The fraction of sp³-hybridized carbons (Fsp3) is 0.211. The smallest absolute Gasteiger partial charge is 0.333 e. The van der Waals surface area contributed by atoms with Crippen LogP contribution in [0.5, 0.6) is 0 Å². The van der Waals surface area contributed by atoms with E-state index in [9.17, 15) is 13.5 Å². The molecule has 0 fully saturated rings. The summed E-state index contributed by atoms with van der Waals surface area (Å²) in [7, 11) is -4.24. The monoisotopic (exact) mass is 815 g/mol. The van der Waals surface area contributed by atoms with Crippen LogP contribution in [0, 0.1) is 27.0 Å². The van der Waals surface area contributed by atoms with Gasteiger partial charge < -0.3 is 24.6 Å². The van der Waals surface area contributed by atoms with Crippen molar-refractivity contribution in [3.05, 3.63) is 141 Å². The first-order valence-corrected chi connectivity index (χ1v) is 19.0. The second kappa shape index (κ2) is 18.2. The summed E-state index contributed by atoms with van der Waals surface area (Å²) in [5, 5.41) is 38.4. The zero-order valence-corrected chi connectivity index (χ0v) is 32.6. The summed E-state index contributed by atoms with van der Waals surface area (Å²) in [4.78, 5) is 6.74. The minimum absolute atomic E-state index is 0.0924. The number of halogens is 2. The molecule has 0 aliphatic rings. The third kappa shape index (κ3) is 10.1. The minimum atomic E-state index is -4.24. The molecule has 2 aromatic heterocycles. The van der Waals surface area contributed by atoms with E-state index in [0.717, 1.165) is 5.56 Å². The van der Waals surface area contributed by atoms with Gasteiger partial charge in [-0.2, -0.15) is 8.42 Å². The topological polar surface area (TPSA) is 200 Å². The van der Waals surface area contributed by atoms with Crippen LogP contribution in [-0.2, 0) is 14.5 Å². The predicted octanol–water partition coefficient (Wildman–Crippen LogP) is 8.79. The molecule has 0 spiro atoms. The molecule has 6 rings (SSSR count). The van der Waals surface area contributed by atoms with Crippen LogP contribution in [0.4, 0.5) is 22.7 Å². The van der Waals surface area contributed by atoms with Gasteiger partial charge in [-0.05, 0) is 75.2 Å². The molecule has 0 bridgehead atoms. The number of nitrogens with two attached hydrogens (primary N) is 1. The zero-order chi connectivity index (χ0) is 40.6. The largest absolute Gasteiger partial charge is 0.418 e. The van der Waals surface area contributed by atoms with Crippen molar-refractivity contribution in [2.75, 3.05) is 10.6 Å². The van der Waals surface area contributed by atoms with Crippen molar-refractivity contribution >= 4 is 56.3 Å². The summed E-state index contributed by atoms with van der Waals surface area (Å²) >= 11 is 12.5. The van der Waals surface area contributed by atoms with Crippen LogP contribution < -0.4 is 15.8 Å². The maximum absolute atomic E-state index is 11.5. The number of nitrogens with zero attached hydrogens (tertiary/aromatic N) is 6. The number of aliphatic hydroxyl groups is 1. The van der Waals surface area contributed by atoms with E-state index >= 15 is 0 Å². The van der Waals surface area contributed by atoms with Gasteiger partial charge in [0.25, 0.3) is 0 Å². The molecule has 4 atom stereocenters. The van der Waals surface area contributed by atoms with E-state index in [2.05, 4.69) is 40.7 Å². The van der Waals surface area contributed by atoms with Gasteiger partial charge >= 0.3 is 10.3 Å². The molecule has 0 saturated heterocycles. The van der Waals surface area contributed by atoms with Crippen LogP contribution in [0.2, 0.25) is 10.0 Å². The van der Waals surface area contributed by atoms with E-state index in [1.165, 1.54) is 6.92 Å². The first kappa shape index (κ1) is 41.3. The molecular weight excluding hydrogens is 781 g/mol. The SMILES string of the molecule is [C-]#[N+]c1ccc(N[C@@H](c2nnc(-c3ccccc3)o2)[C@H](C)O)c(C)c1Cl.[C-]#[N+]c1ccc(N[C@@H](c2nnc(-c3ccccc3)o2)[C@H](C)OS(N)(=O)=O)c(C)c1Cl. The molecule has 6 aromatic rings. The van der Waals surface area contributed by atoms with Gasteiger partial charge in [0.15, 0.2) is 0 Å². The second-order valence-corrected chi connectivity index (χ2v) is 14.2. The zero-order valence-electron chi connectivity index (χ0n) is 30.3. The van der Waals surface area contributed by atoms with Gasteiger partial charge in [0.1, 0.15) is 18.2 Å². The summed E-state index contributed by atoms with van der Waals surface area (Å²) in [5.74, 6) is 1.00. The van der Waals surface area contributed by atoms with Crippen LogP contribution in [0.1, 0.15) is 48.8 Å². The Balaban J connectivity index is 0.000000216. The fourth-order valence-electron chi connectivity index (χ4n) is 5.31. The van der Waals surface area contributed by atoms with Crippen molar-refractivity contribution in [2.24, 2.45) is 5.14 Å². The average Bonchev–Trinajstić information content (AvgIpc) is 3.87. The standard InChI is InChI=1S/C19H18ClN5O4S.C19H17ClN4O2/c1-11-14(9-10-15(22-3)16(11)20)23-17(12(2)29-30(21,26)27)19-25-24-18(28-19)13-7-5-4-6-8-13;1-11-14(9-10-15(21-3)16(11)20)22-17(12(2)25)19-24-23-18(26-19)13-7-5-4-6-8-13/h4-10,12,17,23H,1-2H3,(H2,21,26,27);4-10,12,17,22,25H,1-2H3/t2*12-,17+/m00/s1. The molecule has 0 amide bonds. The number of hydrogen-bond acceptors (Lipinski definition) is 12. The summed E-state index contributed by atoms with van der Waals surface area (Å²) in [6.45, 7) is 21.0. The van der Waals surface area contributed by atoms with Crippen LogP contribution in [-0.4, -0.2) is 46.1 Å². The molecule has 288 valence electrons. The first-order valence-electron chi connectivity index (χ1n) is 16.7. The highest BCUT2D eigenvalue weighted by atomic mass is 35.5. The molecule has 0 aliphatic carbocycles. The van der Waals surface area contributed by atoms with E-state index in [1.54, 1.807) is 50.2 Å². The number of aliphatic hydroxyl groups excluding tert-OH is 1.